The molecule has 0 bridgehead atoms. The maximum atomic E-state index is 12.0. The topological polar surface area (TPSA) is 44.8 Å². The van der Waals surface area contributed by atoms with Crippen LogP contribution >= 0.6 is 0 Å². The van der Waals surface area contributed by atoms with E-state index in [-0.39, 0.29) is 5.56 Å². The van der Waals surface area contributed by atoms with Crippen molar-refractivity contribution >= 4 is 5.78 Å². The molecule has 0 saturated carbocycles. The highest BCUT2D eigenvalue weighted by atomic mass is 19.4. The molecule has 0 N–H and O–H groups in total. The Balaban J connectivity index is 2.91. The quantitative estimate of drug-likeness (QED) is 0.605. The van der Waals surface area contributed by atoms with Gasteiger partial charge in [0, 0.05) is 19.8 Å². The summed E-state index contributed by atoms with van der Waals surface area (Å²) in [4.78, 5) is 11.7. The Kier molecular flexibility index (Phi) is 4.69. The van der Waals surface area contributed by atoms with E-state index in [9.17, 15) is 18.0 Å². The minimum absolute atomic E-state index is 0.00505. The number of carbonyl (C=O) groups excluding carboxylic acids is 1. The van der Waals surface area contributed by atoms with Gasteiger partial charge in [0.1, 0.15) is 5.75 Å². The number of carbonyl (C=O) groups is 1. The van der Waals surface area contributed by atoms with Gasteiger partial charge in [-0.3, -0.25) is 4.79 Å². The number of Topliss-reactive ketones (excluding diaryl/α,β-unsaturated/α-hetero) is 1. The number of methoxy groups -OCH3 is 2. The maximum Gasteiger partial charge on any atom is 0.573 e. The van der Waals surface area contributed by atoms with Gasteiger partial charge in [-0.15, -0.1) is 13.2 Å². The van der Waals surface area contributed by atoms with Crippen molar-refractivity contribution in [1.29, 1.82) is 0 Å². The van der Waals surface area contributed by atoms with Crippen LogP contribution in [0.2, 0.25) is 0 Å². The Hall–Kier alpha value is -1.60. The minimum Gasteiger partial charge on any atom is -0.406 e. The Bertz CT molecular complexity index is 413. The number of halogens is 3. The average molecular weight is 264 g/mol. The smallest absolute Gasteiger partial charge is 0.406 e. The number of rotatable bonds is 5. The molecule has 0 aromatic heterocycles. The first kappa shape index (κ1) is 14.5. The van der Waals surface area contributed by atoms with Crippen molar-refractivity contribution in [3.8, 4) is 5.75 Å². The second kappa shape index (κ2) is 5.83. The van der Waals surface area contributed by atoms with E-state index in [4.69, 9.17) is 9.47 Å². The Morgan fingerprint density at radius 2 is 1.83 bits per heavy atom. The third kappa shape index (κ3) is 4.01. The number of hydrogen-bond acceptors (Lipinski definition) is 4. The molecule has 0 saturated heterocycles. The summed E-state index contributed by atoms with van der Waals surface area (Å²) in [5.74, 6) is -1.06. The fourth-order valence-electron chi connectivity index (χ4n) is 1.29. The van der Waals surface area contributed by atoms with Crippen LogP contribution in [0.5, 0.6) is 5.75 Å². The first-order valence-corrected chi connectivity index (χ1v) is 4.83. The van der Waals surface area contributed by atoms with Gasteiger partial charge < -0.3 is 14.2 Å². The van der Waals surface area contributed by atoms with Crippen molar-refractivity contribution in [3.63, 3.8) is 0 Å². The van der Waals surface area contributed by atoms with Crippen LogP contribution in [0.15, 0.2) is 24.3 Å². The molecule has 0 unspecified atom stereocenters. The van der Waals surface area contributed by atoms with Gasteiger partial charge in [-0.1, -0.05) is 12.1 Å². The second-order valence-electron chi connectivity index (χ2n) is 3.24. The number of alkyl halides is 3. The Labute approximate surface area is 101 Å². The lowest BCUT2D eigenvalue weighted by Gasteiger charge is -2.13. The summed E-state index contributed by atoms with van der Waals surface area (Å²) >= 11 is 0. The van der Waals surface area contributed by atoms with E-state index < -0.39 is 24.2 Å². The molecular weight excluding hydrogens is 253 g/mol. The lowest BCUT2D eigenvalue weighted by Crippen LogP contribution is -2.25. The lowest BCUT2D eigenvalue weighted by molar-refractivity contribution is -0.274. The molecular formula is C11H11F3O4. The van der Waals surface area contributed by atoms with Crippen LogP contribution in [0.1, 0.15) is 10.4 Å². The monoisotopic (exact) mass is 264 g/mol. The van der Waals surface area contributed by atoms with Gasteiger partial charge in [-0.05, 0) is 12.1 Å². The zero-order chi connectivity index (χ0) is 13.8. The molecule has 0 atom stereocenters. The van der Waals surface area contributed by atoms with Crippen LogP contribution in [0.25, 0.3) is 0 Å². The molecule has 0 aliphatic rings. The van der Waals surface area contributed by atoms with Crippen LogP contribution in [0.3, 0.4) is 0 Å². The molecule has 1 aromatic rings. The summed E-state index contributed by atoms with van der Waals surface area (Å²) in [5.41, 5.74) is 0.00505. The van der Waals surface area contributed by atoms with Crippen molar-refractivity contribution in [3.05, 3.63) is 29.8 Å². The minimum atomic E-state index is -4.80. The van der Waals surface area contributed by atoms with Crippen molar-refractivity contribution < 1.29 is 32.2 Å². The van der Waals surface area contributed by atoms with Gasteiger partial charge in [-0.2, -0.15) is 0 Å². The van der Waals surface area contributed by atoms with Crippen LogP contribution < -0.4 is 4.74 Å². The predicted molar refractivity (Wildman–Crippen MR) is 55.3 cm³/mol. The van der Waals surface area contributed by atoms with E-state index >= 15 is 0 Å². The van der Waals surface area contributed by atoms with E-state index in [1.807, 2.05) is 0 Å². The zero-order valence-electron chi connectivity index (χ0n) is 9.65. The molecule has 0 amide bonds. The summed E-state index contributed by atoms with van der Waals surface area (Å²) in [5, 5.41) is 0. The van der Waals surface area contributed by atoms with E-state index in [1.165, 1.54) is 26.4 Å². The summed E-state index contributed by atoms with van der Waals surface area (Å²) in [6.07, 6.45) is -5.96. The van der Waals surface area contributed by atoms with Crippen LogP contribution in [-0.2, 0) is 9.47 Å². The van der Waals surface area contributed by atoms with E-state index in [0.717, 1.165) is 12.1 Å². The van der Waals surface area contributed by atoms with Crippen molar-refractivity contribution in [2.45, 2.75) is 12.7 Å². The molecule has 100 valence electrons. The lowest BCUT2D eigenvalue weighted by atomic mass is 10.1. The molecule has 7 heteroatoms. The maximum absolute atomic E-state index is 12.0. The van der Waals surface area contributed by atoms with Gasteiger partial charge >= 0.3 is 6.36 Å². The molecule has 0 aliphatic heterocycles. The van der Waals surface area contributed by atoms with Crippen molar-refractivity contribution in [2.24, 2.45) is 0 Å². The molecule has 4 nitrogen and oxygen atoms in total. The third-order valence-corrected chi connectivity index (χ3v) is 1.99. The Morgan fingerprint density at radius 1 is 1.22 bits per heavy atom. The fourth-order valence-corrected chi connectivity index (χ4v) is 1.29. The summed E-state index contributed by atoms with van der Waals surface area (Å²) in [6.45, 7) is 0. The normalized spacial score (nSPS) is 11.7. The molecule has 0 aliphatic carbocycles. The highest BCUT2D eigenvalue weighted by Crippen LogP contribution is 2.23. The number of ketones is 1. The van der Waals surface area contributed by atoms with E-state index in [1.54, 1.807) is 0 Å². The zero-order valence-corrected chi connectivity index (χ0v) is 9.65. The predicted octanol–water partition coefficient (Wildman–Crippen LogP) is 2.39. The van der Waals surface area contributed by atoms with Crippen molar-refractivity contribution in [2.75, 3.05) is 14.2 Å². The van der Waals surface area contributed by atoms with E-state index in [2.05, 4.69) is 4.74 Å². The van der Waals surface area contributed by atoms with Crippen LogP contribution in [-0.4, -0.2) is 32.7 Å². The number of benzene rings is 1. The van der Waals surface area contributed by atoms with Gasteiger partial charge in [-0.25, -0.2) is 0 Å². The fraction of sp³-hybridized carbons (Fsp3) is 0.364. The van der Waals surface area contributed by atoms with Crippen LogP contribution in [0, 0.1) is 0 Å². The molecule has 0 fully saturated rings. The highest BCUT2D eigenvalue weighted by Gasteiger charge is 2.31. The van der Waals surface area contributed by atoms with Gasteiger partial charge in [0.05, 0.1) is 0 Å². The standard InChI is InChI=1S/C11H11F3O4/c1-16-10(17-2)9(15)7-4-3-5-8(6-7)18-11(12,13)14/h3-6,10H,1-2H3. The summed E-state index contributed by atoms with van der Waals surface area (Å²) < 4.78 is 49.2. The SMILES string of the molecule is COC(OC)C(=O)c1cccc(OC(F)(F)F)c1. The van der Waals surface area contributed by atoms with Gasteiger partial charge in [0.15, 0.2) is 0 Å². The molecule has 1 rings (SSSR count). The number of hydrogen-bond donors (Lipinski definition) is 0. The van der Waals surface area contributed by atoms with Gasteiger partial charge in [0.25, 0.3) is 0 Å². The van der Waals surface area contributed by atoms with Crippen molar-refractivity contribution in [1.82, 2.24) is 0 Å². The molecule has 0 radical (unpaired) electrons. The first-order chi connectivity index (χ1) is 8.37. The Morgan fingerprint density at radius 3 is 2.33 bits per heavy atom. The molecule has 1 aromatic carbocycles. The number of ether oxygens (including phenoxy) is 3. The largest absolute Gasteiger partial charge is 0.573 e. The second-order valence-corrected chi connectivity index (χ2v) is 3.24. The first-order valence-electron chi connectivity index (χ1n) is 4.83. The summed E-state index contributed by atoms with van der Waals surface area (Å²) in [6, 6.07) is 4.69. The average Bonchev–Trinajstić information content (AvgIpc) is 2.28. The molecule has 18 heavy (non-hydrogen) atoms. The molecule has 0 heterocycles. The van der Waals surface area contributed by atoms with Gasteiger partial charge in [0.2, 0.25) is 12.1 Å². The summed E-state index contributed by atoms with van der Waals surface area (Å²) in [7, 11) is 2.50. The van der Waals surface area contributed by atoms with E-state index in [0.29, 0.717) is 0 Å². The van der Waals surface area contributed by atoms with Crippen LogP contribution in [0.4, 0.5) is 13.2 Å². The third-order valence-electron chi connectivity index (χ3n) is 1.99. The molecule has 0 spiro atoms. The highest BCUT2D eigenvalue weighted by molar-refractivity contribution is 5.98.